The van der Waals surface area contributed by atoms with Gasteiger partial charge in [0.1, 0.15) is 6.61 Å². The fourth-order valence-corrected chi connectivity index (χ4v) is 4.83. The van der Waals surface area contributed by atoms with E-state index in [1.54, 1.807) is 0 Å². The van der Waals surface area contributed by atoms with Crippen LogP contribution < -0.4 is 10.6 Å². The predicted molar refractivity (Wildman–Crippen MR) is 162 cm³/mol. The molecule has 3 aromatic carbocycles. The largest absolute Gasteiger partial charge is 0.445 e. The molecule has 0 saturated heterocycles. The summed E-state index contributed by atoms with van der Waals surface area (Å²) in [7, 11) is 0. The van der Waals surface area contributed by atoms with E-state index < -0.39 is 0 Å². The molecular weight excluding hydrogens is 496 g/mol. The Kier molecular flexibility index (Phi) is 9.45. The highest BCUT2D eigenvalue weighted by Gasteiger charge is 2.05. The molecule has 6 heteroatoms. The first-order valence-corrected chi connectivity index (χ1v) is 14.0. The fourth-order valence-electron chi connectivity index (χ4n) is 4.83. The van der Waals surface area contributed by atoms with Crippen molar-refractivity contribution in [1.29, 1.82) is 0 Å². The molecule has 0 fully saturated rings. The lowest BCUT2D eigenvalue weighted by atomic mass is 10.0. The normalized spacial score (nSPS) is 10.9. The molecule has 0 spiro atoms. The van der Waals surface area contributed by atoms with Crippen molar-refractivity contribution in [3.63, 3.8) is 0 Å². The van der Waals surface area contributed by atoms with Gasteiger partial charge in [0, 0.05) is 46.9 Å². The van der Waals surface area contributed by atoms with Crippen LogP contribution in [0, 0.1) is 0 Å². The van der Waals surface area contributed by atoms with Crippen LogP contribution in [0.25, 0.3) is 10.9 Å². The van der Waals surface area contributed by atoms with Crippen molar-refractivity contribution in [2.45, 2.75) is 45.1 Å². The minimum absolute atomic E-state index is 0.283. The number of nitrogens with zero attached hydrogens (tertiary/aromatic N) is 1. The number of carbonyl (C=O) groups is 1. The van der Waals surface area contributed by atoms with Crippen molar-refractivity contribution in [2.75, 3.05) is 11.9 Å². The van der Waals surface area contributed by atoms with Gasteiger partial charge in [0.25, 0.3) is 0 Å². The third kappa shape index (κ3) is 7.96. The molecule has 40 heavy (non-hydrogen) atoms. The molecular formula is C34H36N4O2. The topological polar surface area (TPSA) is 79.0 Å². The van der Waals surface area contributed by atoms with Crippen molar-refractivity contribution >= 4 is 28.4 Å². The van der Waals surface area contributed by atoms with Gasteiger partial charge >= 0.3 is 6.09 Å². The standard InChI is InChI=1S/C34H36N4O2/c39-34(40-25-27-9-2-1-3-10-27)36-21-7-6-13-30-23-31(20-22-35-30)38-29-18-16-26(17-19-29)11-8-12-28-24-37-33-15-5-4-14-32(28)33/h1-5,9-10,14-20,22-24,37H,6-8,11-13,21,25H2,(H,35,38)(H,36,39). The molecule has 0 bridgehead atoms. The van der Waals surface area contributed by atoms with Crippen LogP contribution in [-0.4, -0.2) is 22.6 Å². The molecule has 0 aliphatic rings. The van der Waals surface area contributed by atoms with E-state index >= 15 is 0 Å². The summed E-state index contributed by atoms with van der Waals surface area (Å²) in [6, 6.07) is 30.9. The van der Waals surface area contributed by atoms with E-state index in [1.807, 2.05) is 42.6 Å². The minimum atomic E-state index is -0.381. The summed E-state index contributed by atoms with van der Waals surface area (Å²) in [4.78, 5) is 19.8. The van der Waals surface area contributed by atoms with Gasteiger partial charge in [-0.15, -0.1) is 0 Å². The number of ether oxygens (including phenoxy) is 1. The van der Waals surface area contributed by atoms with Crippen molar-refractivity contribution in [3.8, 4) is 0 Å². The number of aromatic amines is 1. The molecule has 3 N–H and O–H groups in total. The van der Waals surface area contributed by atoms with E-state index in [0.717, 1.165) is 61.2 Å². The molecule has 0 aliphatic heterocycles. The van der Waals surface area contributed by atoms with Crippen LogP contribution in [-0.2, 0) is 30.6 Å². The lowest BCUT2D eigenvalue weighted by Gasteiger charge is -2.10. The number of aromatic nitrogens is 2. The van der Waals surface area contributed by atoms with Gasteiger partial charge in [-0.3, -0.25) is 4.98 Å². The SMILES string of the molecule is O=C(NCCCCc1cc(Nc2ccc(CCCc3c[nH]c4ccccc34)cc2)ccn1)OCc1ccccc1. The first kappa shape index (κ1) is 27.0. The number of hydrogen-bond donors (Lipinski definition) is 3. The lowest BCUT2D eigenvalue weighted by Crippen LogP contribution is -2.25. The van der Waals surface area contributed by atoms with Crippen LogP contribution in [0.3, 0.4) is 0 Å². The molecule has 0 radical (unpaired) electrons. The Morgan fingerprint density at radius 1 is 0.775 bits per heavy atom. The van der Waals surface area contributed by atoms with Gasteiger partial charge in [0.2, 0.25) is 0 Å². The number of benzene rings is 3. The number of anilines is 2. The monoisotopic (exact) mass is 532 g/mol. The van der Waals surface area contributed by atoms with Gasteiger partial charge in [0.15, 0.2) is 0 Å². The second-order valence-corrected chi connectivity index (χ2v) is 10.0. The number of para-hydroxylation sites is 1. The predicted octanol–water partition coefficient (Wildman–Crippen LogP) is 7.73. The third-order valence-corrected chi connectivity index (χ3v) is 6.99. The van der Waals surface area contributed by atoms with Crippen molar-refractivity contribution in [3.05, 3.63) is 126 Å². The number of hydrogen-bond acceptors (Lipinski definition) is 4. The number of pyridine rings is 1. The van der Waals surface area contributed by atoms with Gasteiger partial charge in [0.05, 0.1) is 0 Å². The van der Waals surface area contributed by atoms with E-state index in [-0.39, 0.29) is 12.7 Å². The summed E-state index contributed by atoms with van der Waals surface area (Å²) in [5.74, 6) is 0. The molecule has 0 saturated carbocycles. The van der Waals surface area contributed by atoms with Gasteiger partial charge < -0.3 is 20.4 Å². The average molecular weight is 533 g/mol. The van der Waals surface area contributed by atoms with Crippen molar-refractivity contribution in [1.82, 2.24) is 15.3 Å². The van der Waals surface area contributed by atoms with Crippen LogP contribution in [0.2, 0.25) is 0 Å². The van der Waals surface area contributed by atoms with Gasteiger partial charge in [-0.1, -0.05) is 60.7 Å². The smallest absolute Gasteiger partial charge is 0.407 e. The van der Waals surface area contributed by atoms with Gasteiger partial charge in [-0.25, -0.2) is 4.79 Å². The van der Waals surface area contributed by atoms with Crippen molar-refractivity contribution in [2.24, 2.45) is 0 Å². The molecule has 2 aromatic heterocycles. The lowest BCUT2D eigenvalue weighted by molar-refractivity contribution is 0.139. The summed E-state index contributed by atoms with van der Waals surface area (Å²) >= 11 is 0. The maximum atomic E-state index is 11.9. The second-order valence-electron chi connectivity index (χ2n) is 10.0. The Balaban J connectivity index is 1.000. The fraction of sp³-hybridized carbons (Fsp3) is 0.235. The Morgan fingerprint density at radius 3 is 2.48 bits per heavy atom. The van der Waals surface area contributed by atoms with E-state index in [0.29, 0.717) is 6.54 Å². The number of nitrogens with one attached hydrogen (secondary N) is 3. The van der Waals surface area contributed by atoms with Gasteiger partial charge in [-0.05, 0) is 85.5 Å². The molecule has 1 amide bonds. The van der Waals surface area contributed by atoms with Crippen LogP contribution in [0.1, 0.15) is 41.6 Å². The number of fused-ring (bicyclic) bond motifs is 1. The molecule has 0 aliphatic carbocycles. The summed E-state index contributed by atoms with van der Waals surface area (Å²) < 4.78 is 5.25. The maximum Gasteiger partial charge on any atom is 0.407 e. The first-order valence-electron chi connectivity index (χ1n) is 14.0. The van der Waals surface area contributed by atoms with Gasteiger partial charge in [-0.2, -0.15) is 0 Å². The molecule has 0 unspecified atom stereocenters. The number of amides is 1. The summed E-state index contributed by atoms with van der Waals surface area (Å²) in [6.45, 7) is 0.866. The zero-order chi connectivity index (χ0) is 27.4. The number of aryl methyl sites for hydroxylation is 3. The highest BCUT2D eigenvalue weighted by molar-refractivity contribution is 5.83. The Bertz CT molecular complexity index is 1500. The molecule has 5 rings (SSSR count). The van der Waals surface area contributed by atoms with Crippen LogP contribution in [0.5, 0.6) is 0 Å². The third-order valence-electron chi connectivity index (χ3n) is 6.99. The van der Waals surface area contributed by atoms with Crippen LogP contribution in [0.15, 0.2) is 103 Å². The molecule has 5 aromatic rings. The summed E-state index contributed by atoms with van der Waals surface area (Å²) in [5, 5.41) is 7.64. The van der Waals surface area contributed by atoms with Crippen molar-refractivity contribution < 1.29 is 9.53 Å². The maximum absolute atomic E-state index is 11.9. The van der Waals surface area contributed by atoms with E-state index in [2.05, 4.69) is 81.4 Å². The minimum Gasteiger partial charge on any atom is -0.445 e. The molecule has 204 valence electrons. The number of H-pyrrole nitrogens is 1. The van der Waals surface area contributed by atoms with Crippen LogP contribution in [0.4, 0.5) is 16.2 Å². The molecule has 6 nitrogen and oxygen atoms in total. The quantitative estimate of drug-likeness (QED) is 0.136. The zero-order valence-electron chi connectivity index (χ0n) is 22.7. The Hall–Kier alpha value is -4.58. The highest BCUT2D eigenvalue weighted by Crippen LogP contribution is 2.21. The first-order chi connectivity index (χ1) is 19.7. The zero-order valence-corrected chi connectivity index (χ0v) is 22.7. The summed E-state index contributed by atoms with van der Waals surface area (Å²) in [6.07, 6.45) is 9.49. The molecule has 0 atom stereocenters. The summed E-state index contributed by atoms with van der Waals surface area (Å²) in [5.41, 5.74) is 8.05. The number of rotatable bonds is 13. The second kappa shape index (κ2) is 14.0. The number of carbonyl (C=O) groups excluding carboxylic acids is 1. The average Bonchev–Trinajstić information content (AvgIpc) is 3.41. The van der Waals surface area contributed by atoms with Crippen LogP contribution >= 0.6 is 0 Å². The Labute approximate surface area is 235 Å². The Morgan fingerprint density at radius 2 is 1.60 bits per heavy atom. The number of unbranched alkanes of at least 4 members (excludes halogenated alkanes) is 1. The van der Waals surface area contributed by atoms with E-state index in [1.165, 1.54) is 22.0 Å². The number of alkyl carbamates (subject to hydrolysis) is 1. The van der Waals surface area contributed by atoms with E-state index in [9.17, 15) is 4.79 Å². The highest BCUT2D eigenvalue weighted by atomic mass is 16.5. The van der Waals surface area contributed by atoms with E-state index in [4.69, 9.17) is 4.74 Å². The molecule has 2 heterocycles.